The Balaban J connectivity index is 1.63. The first-order valence-electron chi connectivity index (χ1n) is 9.46. The molecule has 164 valence electrons. The van der Waals surface area contributed by atoms with Crippen molar-refractivity contribution in [3.05, 3.63) is 70.3 Å². The monoisotopic (exact) mass is 461 g/mol. The number of pyridine rings is 1. The summed E-state index contributed by atoms with van der Waals surface area (Å²) in [4.78, 5) is 18.7. The molecule has 0 saturated carbocycles. The average molecular weight is 462 g/mol. The highest BCUT2D eigenvalue weighted by Gasteiger charge is 2.32. The Labute approximate surface area is 185 Å². The van der Waals surface area contributed by atoms with Crippen LogP contribution in [-0.2, 0) is 13.0 Å². The van der Waals surface area contributed by atoms with E-state index in [0.717, 1.165) is 23.0 Å². The zero-order valence-electron chi connectivity index (χ0n) is 16.4. The minimum atomic E-state index is -4.59. The maximum atomic E-state index is 13.3. The number of hydrogen-bond acceptors (Lipinski definition) is 5. The van der Waals surface area contributed by atoms with Crippen LogP contribution in [0.25, 0.3) is 5.69 Å². The van der Waals surface area contributed by atoms with E-state index >= 15 is 0 Å². The number of amides is 1. The first kappa shape index (κ1) is 21.6. The van der Waals surface area contributed by atoms with Crippen molar-refractivity contribution in [1.29, 1.82) is 5.26 Å². The lowest BCUT2D eigenvalue weighted by Gasteiger charge is -2.27. The molecule has 0 bridgehead atoms. The molecule has 0 aliphatic carbocycles. The predicted octanol–water partition coefficient (Wildman–Crippen LogP) is 3.93. The van der Waals surface area contributed by atoms with Crippen LogP contribution in [-0.4, -0.2) is 44.9 Å². The van der Waals surface area contributed by atoms with Crippen molar-refractivity contribution in [1.82, 2.24) is 19.7 Å². The quantitative estimate of drug-likeness (QED) is 0.587. The minimum absolute atomic E-state index is 0.0300. The summed E-state index contributed by atoms with van der Waals surface area (Å²) in [6, 6.07) is 7.79. The number of hydrogen-bond donors (Lipinski definition) is 0. The van der Waals surface area contributed by atoms with Gasteiger partial charge in [-0.05, 0) is 24.3 Å². The van der Waals surface area contributed by atoms with E-state index in [4.69, 9.17) is 16.3 Å². The molecule has 1 amide bonds. The van der Waals surface area contributed by atoms with Crippen LogP contribution >= 0.6 is 11.6 Å². The molecule has 32 heavy (non-hydrogen) atoms. The van der Waals surface area contributed by atoms with E-state index in [2.05, 4.69) is 10.1 Å². The zero-order chi connectivity index (χ0) is 22.9. The number of carbonyl (C=O) groups is 1. The SMILES string of the molecule is N#Cc1ccc(OCC(F)(F)F)c(C(=O)N2CCc3nn(-c4ccncc4)cc3C2)c1Cl. The summed E-state index contributed by atoms with van der Waals surface area (Å²) < 4.78 is 44.5. The number of nitrogens with zero attached hydrogens (tertiary/aromatic N) is 5. The van der Waals surface area contributed by atoms with Gasteiger partial charge in [-0.15, -0.1) is 0 Å². The molecule has 2 aromatic heterocycles. The van der Waals surface area contributed by atoms with Crippen LogP contribution < -0.4 is 4.74 Å². The van der Waals surface area contributed by atoms with Crippen LogP contribution in [0.2, 0.25) is 5.02 Å². The summed E-state index contributed by atoms with van der Waals surface area (Å²) in [6.07, 6.45) is 0.922. The van der Waals surface area contributed by atoms with Crippen molar-refractivity contribution in [2.45, 2.75) is 19.1 Å². The number of ether oxygens (including phenoxy) is 1. The van der Waals surface area contributed by atoms with E-state index < -0.39 is 18.7 Å². The molecular formula is C21H15ClF3N5O2. The fourth-order valence-corrected chi connectivity index (χ4v) is 3.68. The van der Waals surface area contributed by atoms with Gasteiger partial charge in [0.1, 0.15) is 17.4 Å². The van der Waals surface area contributed by atoms with E-state index in [9.17, 15) is 23.2 Å². The smallest absolute Gasteiger partial charge is 0.422 e. The summed E-state index contributed by atoms with van der Waals surface area (Å²) in [5.41, 5.74) is 2.13. The number of nitriles is 1. The summed E-state index contributed by atoms with van der Waals surface area (Å²) in [6.45, 7) is -1.12. The summed E-state index contributed by atoms with van der Waals surface area (Å²) in [5, 5.41) is 13.5. The number of benzene rings is 1. The second-order valence-corrected chi connectivity index (χ2v) is 7.42. The van der Waals surface area contributed by atoms with Gasteiger partial charge in [0.05, 0.1) is 22.0 Å². The van der Waals surface area contributed by atoms with Crippen LogP contribution in [0.15, 0.2) is 42.9 Å². The lowest BCUT2D eigenvalue weighted by Crippen LogP contribution is -2.36. The topological polar surface area (TPSA) is 84.0 Å². The van der Waals surface area contributed by atoms with Gasteiger partial charge in [-0.2, -0.15) is 23.5 Å². The van der Waals surface area contributed by atoms with Crippen molar-refractivity contribution in [2.24, 2.45) is 0 Å². The van der Waals surface area contributed by atoms with Gasteiger partial charge in [0.15, 0.2) is 6.61 Å². The van der Waals surface area contributed by atoms with Gasteiger partial charge in [-0.1, -0.05) is 11.6 Å². The van der Waals surface area contributed by atoms with Crippen LogP contribution in [0, 0.1) is 11.3 Å². The Morgan fingerprint density at radius 1 is 1.25 bits per heavy atom. The highest BCUT2D eigenvalue weighted by Crippen LogP contribution is 2.33. The summed E-state index contributed by atoms with van der Waals surface area (Å²) in [7, 11) is 0. The summed E-state index contributed by atoms with van der Waals surface area (Å²) in [5.74, 6) is -0.943. The van der Waals surface area contributed by atoms with Crippen LogP contribution in [0.5, 0.6) is 5.75 Å². The van der Waals surface area contributed by atoms with Gasteiger partial charge in [-0.3, -0.25) is 9.78 Å². The Morgan fingerprint density at radius 2 is 2.00 bits per heavy atom. The largest absolute Gasteiger partial charge is 0.483 e. The van der Waals surface area contributed by atoms with E-state index in [0.29, 0.717) is 6.42 Å². The van der Waals surface area contributed by atoms with Gasteiger partial charge < -0.3 is 9.64 Å². The van der Waals surface area contributed by atoms with Crippen molar-refractivity contribution < 1.29 is 22.7 Å². The fourth-order valence-electron chi connectivity index (χ4n) is 3.40. The van der Waals surface area contributed by atoms with Gasteiger partial charge in [-0.25, -0.2) is 4.68 Å². The Morgan fingerprint density at radius 3 is 2.69 bits per heavy atom. The lowest BCUT2D eigenvalue weighted by molar-refractivity contribution is -0.153. The molecule has 0 radical (unpaired) electrons. The Hall–Kier alpha value is -3.58. The van der Waals surface area contributed by atoms with Crippen LogP contribution in [0.1, 0.15) is 27.2 Å². The summed E-state index contributed by atoms with van der Waals surface area (Å²) >= 11 is 6.21. The molecule has 1 aliphatic rings. The number of carbonyl (C=O) groups excluding carboxylic acids is 1. The van der Waals surface area contributed by atoms with Crippen LogP contribution in [0.3, 0.4) is 0 Å². The van der Waals surface area contributed by atoms with Gasteiger partial charge in [0, 0.05) is 43.7 Å². The minimum Gasteiger partial charge on any atom is -0.483 e. The predicted molar refractivity (Wildman–Crippen MR) is 108 cm³/mol. The lowest BCUT2D eigenvalue weighted by atomic mass is 10.0. The van der Waals surface area contributed by atoms with Gasteiger partial charge in [0.2, 0.25) is 0 Å². The molecular weight excluding hydrogens is 447 g/mol. The molecule has 4 rings (SSSR count). The fraction of sp³-hybridized carbons (Fsp3) is 0.238. The molecule has 1 aliphatic heterocycles. The van der Waals surface area contributed by atoms with Crippen molar-refractivity contribution in [2.75, 3.05) is 13.2 Å². The molecule has 0 N–H and O–H groups in total. The molecule has 0 fully saturated rings. The number of halogens is 4. The third-order valence-electron chi connectivity index (χ3n) is 4.90. The second-order valence-electron chi connectivity index (χ2n) is 7.04. The van der Waals surface area contributed by atoms with Gasteiger partial charge >= 0.3 is 6.18 Å². The first-order valence-corrected chi connectivity index (χ1v) is 9.84. The van der Waals surface area contributed by atoms with E-state index in [1.165, 1.54) is 11.0 Å². The standard InChI is InChI=1S/C21H15ClF3N5O2/c22-19-13(9-26)1-2-17(32-12-21(23,24)25)18(19)20(31)29-8-5-16-14(10-29)11-30(28-16)15-3-6-27-7-4-15/h1-4,6-7,11H,5,8,10,12H2. The molecule has 7 nitrogen and oxygen atoms in total. The van der Waals surface area contributed by atoms with Crippen molar-refractivity contribution in [3.63, 3.8) is 0 Å². The Bertz CT molecular complexity index is 1200. The van der Waals surface area contributed by atoms with Crippen molar-refractivity contribution >= 4 is 17.5 Å². The third kappa shape index (κ3) is 4.38. The number of alkyl halides is 3. The molecule has 1 aromatic carbocycles. The zero-order valence-corrected chi connectivity index (χ0v) is 17.2. The van der Waals surface area contributed by atoms with E-state index in [1.807, 2.05) is 6.07 Å². The van der Waals surface area contributed by atoms with Gasteiger partial charge in [0.25, 0.3) is 5.91 Å². The van der Waals surface area contributed by atoms with Crippen LogP contribution in [0.4, 0.5) is 13.2 Å². The molecule has 0 saturated heterocycles. The normalized spacial score (nSPS) is 13.4. The van der Waals surface area contributed by atoms with Crippen molar-refractivity contribution in [3.8, 4) is 17.5 Å². The second kappa shape index (κ2) is 8.51. The highest BCUT2D eigenvalue weighted by atomic mass is 35.5. The van der Waals surface area contributed by atoms with E-state index in [-0.39, 0.29) is 35.0 Å². The maximum Gasteiger partial charge on any atom is 0.422 e. The van der Waals surface area contributed by atoms with E-state index in [1.54, 1.807) is 35.4 Å². The number of rotatable bonds is 4. The third-order valence-corrected chi connectivity index (χ3v) is 5.29. The highest BCUT2D eigenvalue weighted by molar-refractivity contribution is 6.35. The molecule has 0 spiro atoms. The number of fused-ring (bicyclic) bond motifs is 1. The maximum absolute atomic E-state index is 13.3. The number of aromatic nitrogens is 3. The molecule has 11 heteroatoms. The molecule has 3 aromatic rings. The Kier molecular flexibility index (Phi) is 5.76. The molecule has 0 unspecified atom stereocenters. The average Bonchev–Trinajstić information content (AvgIpc) is 3.21. The first-order chi connectivity index (χ1) is 15.3. The molecule has 0 atom stereocenters. The molecule has 3 heterocycles.